The average molecular weight is 289 g/mol. The maximum absolute atomic E-state index is 5.52. The zero-order chi connectivity index (χ0) is 15.1. The summed E-state index contributed by atoms with van der Waals surface area (Å²) >= 11 is 0. The van der Waals surface area contributed by atoms with Crippen LogP contribution in [0.2, 0.25) is 0 Å². The van der Waals surface area contributed by atoms with Crippen LogP contribution in [0.3, 0.4) is 0 Å². The molecular formula is C16H23N3O2. The Morgan fingerprint density at radius 1 is 1.33 bits per heavy atom. The van der Waals surface area contributed by atoms with Crippen molar-refractivity contribution in [2.45, 2.75) is 26.8 Å². The minimum atomic E-state index is 0.661. The number of hydrogen-bond donors (Lipinski definition) is 1. The first-order chi connectivity index (χ1) is 10.2. The minimum Gasteiger partial charge on any atom is -0.494 e. The molecule has 1 aromatic carbocycles. The van der Waals surface area contributed by atoms with E-state index in [1.807, 2.05) is 44.3 Å². The van der Waals surface area contributed by atoms with Gasteiger partial charge in [-0.2, -0.15) is 0 Å². The summed E-state index contributed by atoms with van der Waals surface area (Å²) in [6.45, 7) is 6.26. The summed E-state index contributed by atoms with van der Waals surface area (Å²) in [5.74, 6) is 1.70. The van der Waals surface area contributed by atoms with E-state index >= 15 is 0 Å². The molecule has 21 heavy (non-hydrogen) atoms. The molecule has 1 N–H and O–H groups in total. The molecule has 0 saturated heterocycles. The minimum absolute atomic E-state index is 0.661. The van der Waals surface area contributed by atoms with Crippen LogP contribution in [0.1, 0.15) is 19.0 Å². The number of nitrogens with one attached hydrogen (secondary N) is 1. The summed E-state index contributed by atoms with van der Waals surface area (Å²) in [4.78, 5) is 4.53. The van der Waals surface area contributed by atoms with Gasteiger partial charge in [-0.25, -0.2) is 4.98 Å². The number of ether oxygens (including phenoxy) is 2. The molecule has 0 aliphatic rings. The van der Waals surface area contributed by atoms with E-state index in [1.165, 1.54) is 0 Å². The van der Waals surface area contributed by atoms with E-state index in [1.54, 1.807) is 7.11 Å². The summed E-state index contributed by atoms with van der Waals surface area (Å²) < 4.78 is 12.7. The van der Waals surface area contributed by atoms with Gasteiger partial charge in [-0.05, 0) is 32.4 Å². The molecule has 0 spiro atoms. The normalized spacial score (nSPS) is 10.6. The molecule has 5 nitrogen and oxygen atoms in total. The van der Waals surface area contributed by atoms with Crippen molar-refractivity contribution in [3.8, 4) is 5.75 Å². The van der Waals surface area contributed by atoms with Gasteiger partial charge in [-0.15, -0.1) is 0 Å². The highest BCUT2D eigenvalue weighted by Crippen LogP contribution is 2.21. The van der Waals surface area contributed by atoms with Crippen LogP contribution in [0.15, 0.2) is 30.5 Å². The quantitative estimate of drug-likeness (QED) is 0.757. The summed E-state index contributed by atoms with van der Waals surface area (Å²) in [5, 5.41) is 3.35. The lowest BCUT2D eigenvalue weighted by Gasteiger charge is -2.11. The van der Waals surface area contributed by atoms with E-state index in [4.69, 9.17) is 9.47 Å². The van der Waals surface area contributed by atoms with E-state index in [0.717, 1.165) is 42.7 Å². The Balaban J connectivity index is 2.09. The van der Waals surface area contributed by atoms with Crippen molar-refractivity contribution in [1.29, 1.82) is 0 Å². The third kappa shape index (κ3) is 4.49. The van der Waals surface area contributed by atoms with E-state index < -0.39 is 0 Å². The van der Waals surface area contributed by atoms with Crippen molar-refractivity contribution in [1.82, 2.24) is 9.55 Å². The fraction of sp³-hybridized carbons (Fsp3) is 0.438. The number of benzene rings is 1. The molecule has 114 valence electrons. The second-order valence-electron chi connectivity index (χ2n) is 4.83. The van der Waals surface area contributed by atoms with Gasteiger partial charge in [-0.1, -0.05) is 6.07 Å². The Bertz CT molecular complexity index is 566. The molecule has 2 rings (SSSR count). The van der Waals surface area contributed by atoms with Crippen molar-refractivity contribution in [2.24, 2.45) is 0 Å². The van der Waals surface area contributed by atoms with Crippen molar-refractivity contribution < 1.29 is 9.47 Å². The van der Waals surface area contributed by atoms with E-state index in [9.17, 15) is 0 Å². The van der Waals surface area contributed by atoms with Crippen molar-refractivity contribution in [3.63, 3.8) is 0 Å². The first kappa shape index (κ1) is 15.4. The first-order valence-corrected chi connectivity index (χ1v) is 7.25. The van der Waals surface area contributed by atoms with Crippen LogP contribution in [-0.2, 0) is 11.3 Å². The highest BCUT2D eigenvalue weighted by atomic mass is 16.5. The number of aromatic nitrogens is 2. The van der Waals surface area contributed by atoms with Crippen LogP contribution < -0.4 is 10.1 Å². The molecule has 1 aromatic heterocycles. The van der Waals surface area contributed by atoms with E-state index in [2.05, 4.69) is 14.9 Å². The molecule has 5 heteroatoms. The van der Waals surface area contributed by atoms with Crippen LogP contribution in [0, 0.1) is 6.92 Å². The lowest BCUT2D eigenvalue weighted by molar-refractivity contribution is 0.190. The van der Waals surface area contributed by atoms with Crippen LogP contribution in [0.5, 0.6) is 5.75 Å². The van der Waals surface area contributed by atoms with Gasteiger partial charge in [-0.3, -0.25) is 0 Å². The second-order valence-corrected chi connectivity index (χ2v) is 4.83. The standard InChI is InChI=1S/C16H23N3O2/c1-4-21-15-8-5-7-14(11-15)18-16-17-13(2)12-19(16)9-6-10-20-3/h5,7-8,11-12H,4,6,9-10H2,1-3H3,(H,17,18). The fourth-order valence-electron chi connectivity index (χ4n) is 2.16. The van der Waals surface area contributed by atoms with Crippen molar-refractivity contribution in [2.75, 3.05) is 25.6 Å². The largest absolute Gasteiger partial charge is 0.494 e. The van der Waals surface area contributed by atoms with Crippen LogP contribution in [0.4, 0.5) is 11.6 Å². The first-order valence-electron chi connectivity index (χ1n) is 7.25. The van der Waals surface area contributed by atoms with Gasteiger partial charge in [0.25, 0.3) is 0 Å². The van der Waals surface area contributed by atoms with Gasteiger partial charge >= 0.3 is 0 Å². The third-order valence-electron chi connectivity index (χ3n) is 3.05. The molecule has 0 unspecified atom stereocenters. The number of aryl methyl sites for hydroxylation is 2. The van der Waals surface area contributed by atoms with E-state index in [0.29, 0.717) is 6.61 Å². The maximum Gasteiger partial charge on any atom is 0.207 e. The number of anilines is 2. The lowest BCUT2D eigenvalue weighted by atomic mass is 10.3. The van der Waals surface area contributed by atoms with Crippen LogP contribution >= 0.6 is 0 Å². The molecule has 0 bridgehead atoms. The average Bonchev–Trinajstić information content (AvgIpc) is 2.80. The molecule has 0 saturated carbocycles. The monoisotopic (exact) mass is 289 g/mol. The smallest absolute Gasteiger partial charge is 0.207 e. The van der Waals surface area contributed by atoms with E-state index in [-0.39, 0.29) is 0 Å². The predicted molar refractivity (Wildman–Crippen MR) is 84.4 cm³/mol. The number of imidazole rings is 1. The Morgan fingerprint density at radius 2 is 2.19 bits per heavy atom. The zero-order valence-corrected chi connectivity index (χ0v) is 12.9. The second kappa shape index (κ2) is 7.69. The molecule has 1 heterocycles. The zero-order valence-electron chi connectivity index (χ0n) is 12.9. The van der Waals surface area contributed by atoms with Gasteiger partial charge < -0.3 is 19.4 Å². The Kier molecular flexibility index (Phi) is 5.63. The highest BCUT2D eigenvalue weighted by Gasteiger charge is 2.06. The Morgan fingerprint density at radius 3 is 2.95 bits per heavy atom. The van der Waals surface area contributed by atoms with Gasteiger partial charge in [0.2, 0.25) is 5.95 Å². The van der Waals surface area contributed by atoms with Gasteiger partial charge in [0.1, 0.15) is 5.75 Å². The van der Waals surface area contributed by atoms with Crippen LogP contribution in [-0.4, -0.2) is 29.9 Å². The van der Waals surface area contributed by atoms with Crippen molar-refractivity contribution >= 4 is 11.6 Å². The number of hydrogen-bond acceptors (Lipinski definition) is 4. The predicted octanol–water partition coefficient (Wildman–Crippen LogP) is 3.37. The third-order valence-corrected chi connectivity index (χ3v) is 3.05. The van der Waals surface area contributed by atoms with Gasteiger partial charge in [0, 0.05) is 38.2 Å². The molecule has 0 radical (unpaired) electrons. The fourth-order valence-corrected chi connectivity index (χ4v) is 2.16. The summed E-state index contributed by atoms with van der Waals surface area (Å²) in [5.41, 5.74) is 1.97. The van der Waals surface area contributed by atoms with Gasteiger partial charge in [0.15, 0.2) is 0 Å². The molecule has 0 amide bonds. The Labute approximate surface area is 125 Å². The van der Waals surface area contributed by atoms with Crippen molar-refractivity contribution in [3.05, 3.63) is 36.2 Å². The molecule has 2 aromatic rings. The highest BCUT2D eigenvalue weighted by molar-refractivity contribution is 5.56. The topological polar surface area (TPSA) is 48.3 Å². The van der Waals surface area contributed by atoms with Crippen LogP contribution in [0.25, 0.3) is 0 Å². The molecule has 0 fully saturated rings. The number of nitrogens with zero attached hydrogens (tertiary/aromatic N) is 2. The SMILES string of the molecule is CCOc1cccc(Nc2nc(C)cn2CCCOC)c1. The molecule has 0 aliphatic heterocycles. The Hall–Kier alpha value is -2.01. The summed E-state index contributed by atoms with van der Waals surface area (Å²) in [6.07, 6.45) is 3.00. The summed E-state index contributed by atoms with van der Waals surface area (Å²) in [6, 6.07) is 7.91. The lowest BCUT2D eigenvalue weighted by Crippen LogP contribution is -2.05. The summed E-state index contributed by atoms with van der Waals surface area (Å²) in [7, 11) is 1.72. The number of rotatable bonds is 8. The molecular weight excluding hydrogens is 266 g/mol. The maximum atomic E-state index is 5.52. The van der Waals surface area contributed by atoms with Gasteiger partial charge in [0.05, 0.1) is 12.3 Å². The molecule has 0 atom stereocenters. The number of methoxy groups -OCH3 is 1. The molecule has 0 aliphatic carbocycles.